The van der Waals surface area contributed by atoms with Crippen molar-refractivity contribution in [1.82, 2.24) is 10.7 Å². The van der Waals surface area contributed by atoms with E-state index < -0.39 is 22.5 Å². The Kier molecular flexibility index (Phi) is 17.6. The summed E-state index contributed by atoms with van der Waals surface area (Å²) in [5, 5.41) is 12.5. The maximum absolute atomic E-state index is 12.7. The van der Waals surface area contributed by atoms with Crippen LogP contribution < -0.4 is 16.5 Å². The fourth-order valence-corrected chi connectivity index (χ4v) is 3.54. The summed E-state index contributed by atoms with van der Waals surface area (Å²) in [6, 6.07) is 0. The van der Waals surface area contributed by atoms with Gasteiger partial charge in [-0.25, -0.2) is 15.1 Å². The lowest BCUT2D eigenvalue weighted by atomic mass is 9.98. The number of nitro groups is 1. The van der Waals surface area contributed by atoms with Crippen molar-refractivity contribution in [3.63, 3.8) is 0 Å². The van der Waals surface area contributed by atoms with Crippen LogP contribution in [0.2, 0.25) is 0 Å². The van der Waals surface area contributed by atoms with Crippen LogP contribution in [-0.4, -0.2) is 41.6 Å². The highest BCUT2D eigenvalue weighted by molar-refractivity contribution is 5.83. The third kappa shape index (κ3) is 20.2. The molecule has 0 aromatic carbocycles. The van der Waals surface area contributed by atoms with Crippen LogP contribution in [0, 0.1) is 16.0 Å². The molecule has 0 aliphatic rings. The average Bonchev–Trinajstić information content (AvgIpc) is 2.72. The minimum absolute atomic E-state index is 0.0204. The first kappa shape index (κ1) is 31.6. The number of rotatable bonds is 19. The standard InChI is InChI=1S/C24H47N5O5/c1-5-6-7-8-9-10-11-12-13-14-17-26-22(31)20(19-21(30)34-24(2,3)4)16-15-18-27-23(25)28-29(32)33/h20H,5-19H2,1-4H3,(H,26,31)(H3,25,27,28)/t20-/m0/s1. The van der Waals surface area contributed by atoms with Crippen molar-refractivity contribution in [2.45, 2.75) is 117 Å². The van der Waals surface area contributed by atoms with Gasteiger partial charge >= 0.3 is 5.97 Å². The molecule has 0 aromatic heterocycles. The number of nitrogens with one attached hydrogen (secondary N) is 2. The Balaban J connectivity index is 4.37. The molecule has 0 radical (unpaired) electrons. The minimum Gasteiger partial charge on any atom is -0.460 e. The lowest BCUT2D eigenvalue weighted by molar-refractivity contribution is -0.525. The van der Waals surface area contributed by atoms with Crippen molar-refractivity contribution in [3.05, 3.63) is 10.1 Å². The second-order valence-electron chi connectivity index (χ2n) is 9.74. The molecular formula is C24H47N5O5. The SMILES string of the molecule is CCCCCCCCCCCCNC(=O)[C@@H](CCCN=C(N)N[N+](=O)[O-])CC(=O)OC(C)(C)C. The van der Waals surface area contributed by atoms with E-state index in [-0.39, 0.29) is 24.8 Å². The molecule has 198 valence electrons. The van der Waals surface area contributed by atoms with E-state index >= 15 is 0 Å². The zero-order valence-electron chi connectivity index (χ0n) is 21.7. The fourth-order valence-electron chi connectivity index (χ4n) is 3.54. The number of carbonyl (C=O) groups excluding carboxylic acids is 2. The number of unbranched alkanes of at least 4 members (excludes halogenated alkanes) is 9. The first-order valence-corrected chi connectivity index (χ1v) is 12.8. The third-order valence-corrected chi connectivity index (χ3v) is 5.23. The van der Waals surface area contributed by atoms with Crippen LogP contribution >= 0.6 is 0 Å². The highest BCUT2D eigenvalue weighted by Gasteiger charge is 2.25. The summed E-state index contributed by atoms with van der Waals surface area (Å²) in [5.74, 6) is -1.44. The molecule has 0 unspecified atom stereocenters. The lowest BCUT2D eigenvalue weighted by Gasteiger charge is -2.22. The van der Waals surface area contributed by atoms with Crippen molar-refractivity contribution < 1.29 is 19.4 Å². The summed E-state index contributed by atoms with van der Waals surface area (Å²) in [6.45, 7) is 8.37. The number of aliphatic imine (C=N–C) groups is 1. The average molecular weight is 486 g/mol. The number of esters is 1. The zero-order valence-corrected chi connectivity index (χ0v) is 21.7. The molecule has 0 aliphatic carbocycles. The van der Waals surface area contributed by atoms with Crippen molar-refractivity contribution in [3.8, 4) is 0 Å². The molecule has 1 amide bonds. The van der Waals surface area contributed by atoms with Crippen molar-refractivity contribution in [1.29, 1.82) is 0 Å². The molecule has 0 fully saturated rings. The summed E-state index contributed by atoms with van der Waals surface area (Å²) in [7, 11) is 0. The molecule has 34 heavy (non-hydrogen) atoms. The second kappa shape index (κ2) is 19.0. The first-order chi connectivity index (χ1) is 16.0. The van der Waals surface area contributed by atoms with Crippen LogP contribution in [0.5, 0.6) is 0 Å². The van der Waals surface area contributed by atoms with Gasteiger partial charge in [0.1, 0.15) is 5.60 Å². The van der Waals surface area contributed by atoms with Gasteiger partial charge in [0.15, 0.2) is 5.03 Å². The third-order valence-electron chi connectivity index (χ3n) is 5.23. The van der Waals surface area contributed by atoms with Gasteiger partial charge in [0.05, 0.1) is 6.42 Å². The van der Waals surface area contributed by atoms with Gasteiger partial charge in [-0.1, -0.05) is 70.1 Å². The van der Waals surface area contributed by atoms with E-state index in [0.29, 0.717) is 19.4 Å². The molecule has 0 rings (SSSR count). The van der Waals surface area contributed by atoms with Crippen LogP contribution in [0.1, 0.15) is 111 Å². The zero-order chi connectivity index (χ0) is 25.8. The van der Waals surface area contributed by atoms with Gasteiger partial charge in [-0.05, 0) is 40.0 Å². The summed E-state index contributed by atoms with van der Waals surface area (Å²) < 4.78 is 5.37. The van der Waals surface area contributed by atoms with E-state index in [0.717, 1.165) is 12.8 Å². The van der Waals surface area contributed by atoms with Crippen LogP contribution in [0.3, 0.4) is 0 Å². The second-order valence-corrected chi connectivity index (χ2v) is 9.74. The number of hydrogen-bond donors (Lipinski definition) is 3. The van der Waals surface area contributed by atoms with Gasteiger partial charge in [0, 0.05) is 19.0 Å². The molecule has 0 aromatic rings. The monoisotopic (exact) mass is 485 g/mol. The Bertz CT molecular complexity index is 619. The van der Waals surface area contributed by atoms with Gasteiger partial charge in [0.25, 0.3) is 5.96 Å². The van der Waals surface area contributed by atoms with E-state index in [2.05, 4.69) is 17.2 Å². The molecule has 1 atom stereocenters. The number of guanidine groups is 1. The normalized spacial score (nSPS) is 12.8. The molecule has 10 heteroatoms. The largest absolute Gasteiger partial charge is 0.460 e. The van der Waals surface area contributed by atoms with E-state index in [1.54, 1.807) is 26.2 Å². The quantitative estimate of drug-likeness (QED) is 0.0618. The predicted octanol–water partition coefficient (Wildman–Crippen LogP) is 4.25. The van der Waals surface area contributed by atoms with Crippen LogP contribution in [0.15, 0.2) is 4.99 Å². The van der Waals surface area contributed by atoms with Crippen LogP contribution in [0.25, 0.3) is 0 Å². The maximum atomic E-state index is 12.7. The summed E-state index contributed by atoms with van der Waals surface area (Å²) in [5.41, 5.74) is 6.54. The van der Waals surface area contributed by atoms with E-state index in [1.165, 1.54) is 51.4 Å². The lowest BCUT2D eigenvalue weighted by Crippen LogP contribution is -2.36. The van der Waals surface area contributed by atoms with E-state index in [9.17, 15) is 19.7 Å². The topological polar surface area (TPSA) is 149 Å². The van der Waals surface area contributed by atoms with Crippen molar-refractivity contribution >= 4 is 17.8 Å². The summed E-state index contributed by atoms with van der Waals surface area (Å²) in [6.07, 6.45) is 13.1. The number of carbonyl (C=O) groups is 2. The minimum atomic E-state index is -0.787. The van der Waals surface area contributed by atoms with Crippen LogP contribution in [0.4, 0.5) is 0 Å². The number of nitrogens with two attached hydrogens (primary N) is 1. The Hall–Kier alpha value is -2.39. The molecular weight excluding hydrogens is 438 g/mol. The molecule has 4 N–H and O–H groups in total. The highest BCUT2D eigenvalue weighted by atomic mass is 16.7. The van der Waals surface area contributed by atoms with Crippen LogP contribution in [-0.2, 0) is 14.3 Å². The Labute approximate surface area is 205 Å². The number of hydrazine groups is 1. The summed E-state index contributed by atoms with van der Waals surface area (Å²) >= 11 is 0. The van der Waals surface area contributed by atoms with E-state index in [1.807, 2.05) is 0 Å². The molecule has 10 nitrogen and oxygen atoms in total. The molecule has 0 spiro atoms. The van der Waals surface area contributed by atoms with Crippen molar-refractivity contribution in [2.24, 2.45) is 16.6 Å². The Morgan fingerprint density at radius 1 is 1.00 bits per heavy atom. The molecule has 0 bridgehead atoms. The number of hydrogen-bond acceptors (Lipinski definition) is 6. The van der Waals surface area contributed by atoms with Crippen molar-refractivity contribution in [2.75, 3.05) is 13.1 Å². The van der Waals surface area contributed by atoms with Gasteiger partial charge < -0.3 is 15.8 Å². The van der Waals surface area contributed by atoms with Gasteiger partial charge in [0.2, 0.25) is 5.91 Å². The maximum Gasteiger partial charge on any atom is 0.307 e. The number of amides is 1. The Morgan fingerprint density at radius 2 is 1.56 bits per heavy atom. The fraction of sp³-hybridized carbons (Fsp3) is 0.875. The molecule has 0 heterocycles. The predicted molar refractivity (Wildman–Crippen MR) is 135 cm³/mol. The summed E-state index contributed by atoms with van der Waals surface area (Å²) in [4.78, 5) is 39.2. The Morgan fingerprint density at radius 3 is 2.09 bits per heavy atom. The highest BCUT2D eigenvalue weighted by Crippen LogP contribution is 2.17. The molecule has 0 aliphatic heterocycles. The first-order valence-electron chi connectivity index (χ1n) is 12.8. The van der Waals surface area contributed by atoms with Gasteiger partial charge in [-0.15, -0.1) is 0 Å². The van der Waals surface area contributed by atoms with Gasteiger partial charge in [-0.2, -0.15) is 0 Å². The number of ether oxygens (including phenoxy) is 1. The number of nitrogens with zero attached hydrogens (tertiary/aromatic N) is 2. The van der Waals surface area contributed by atoms with E-state index in [4.69, 9.17) is 10.5 Å². The molecule has 0 saturated carbocycles. The van der Waals surface area contributed by atoms with Gasteiger partial charge in [-0.3, -0.25) is 9.59 Å². The smallest absolute Gasteiger partial charge is 0.307 e. The molecule has 0 saturated heterocycles.